The standard InChI is InChI=1S/C11H25N/c1-3-4-5-6-7-8-9-11(2)10-12/h11H,3-10,12H2,1-2H3/t11-/m1/s1. The van der Waals surface area contributed by atoms with E-state index in [0.29, 0.717) is 0 Å². The summed E-state index contributed by atoms with van der Waals surface area (Å²) in [5.41, 5.74) is 5.53. The molecular weight excluding hydrogens is 146 g/mol. The van der Waals surface area contributed by atoms with Gasteiger partial charge >= 0.3 is 0 Å². The van der Waals surface area contributed by atoms with E-state index in [1.807, 2.05) is 0 Å². The molecule has 0 spiro atoms. The van der Waals surface area contributed by atoms with Gasteiger partial charge in [-0.15, -0.1) is 0 Å². The highest BCUT2D eigenvalue weighted by Gasteiger charge is 1.97. The zero-order valence-corrected chi connectivity index (χ0v) is 8.81. The van der Waals surface area contributed by atoms with Crippen LogP contribution < -0.4 is 5.73 Å². The Labute approximate surface area is 77.7 Å². The molecule has 0 aromatic heterocycles. The summed E-state index contributed by atoms with van der Waals surface area (Å²) >= 11 is 0. The fraction of sp³-hybridized carbons (Fsp3) is 1.00. The Morgan fingerprint density at radius 1 is 1.00 bits per heavy atom. The van der Waals surface area contributed by atoms with Crippen LogP contribution in [0.5, 0.6) is 0 Å². The van der Waals surface area contributed by atoms with E-state index in [0.717, 1.165) is 12.5 Å². The van der Waals surface area contributed by atoms with Crippen molar-refractivity contribution < 1.29 is 0 Å². The third kappa shape index (κ3) is 8.06. The van der Waals surface area contributed by atoms with Gasteiger partial charge in [-0.2, -0.15) is 0 Å². The lowest BCUT2D eigenvalue weighted by atomic mass is 10.0. The highest BCUT2D eigenvalue weighted by Crippen LogP contribution is 2.10. The topological polar surface area (TPSA) is 26.0 Å². The zero-order chi connectivity index (χ0) is 9.23. The first-order chi connectivity index (χ1) is 5.81. The molecular formula is C11H25N. The first kappa shape index (κ1) is 12.0. The van der Waals surface area contributed by atoms with Crippen LogP contribution in [0.3, 0.4) is 0 Å². The minimum Gasteiger partial charge on any atom is -0.330 e. The highest BCUT2D eigenvalue weighted by atomic mass is 14.5. The molecule has 12 heavy (non-hydrogen) atoms. The molecule has 0 aliphatic rings. The van der Waals surface area contributed by atoms with Crippen molar-refractivity contribution >= 4 is 0 Å². The van der Waals surface area contributed by atoms with Crippen molar-refractivity contribution in [2.24, 2.45) is 11.7 Å². The quantitative estimate of drug-likeness (QED) is 0.557. The van der Waals surface area contributed by atoms with Crippen LogP contribution in [0.1, 0.15) is 58.8 Å². The van der Waals surface area contributed by atoms with Gasteiger partial charge in [0, 0.05) is 0 Å². The van der Waals surface area contributed by atoms with Gasteiger partial charge in [-0.1, -0.05) is 52.4 Å². The van der Waals surface area contributed by atoms with E-state index >= 15 is 0 Å². The van der Waals surface area contributed by atoms with Crippen LogP contribution >= 0.6 is 0 Å². The molecule has 0 rings (SSSR count). The van der Waals surface area contributed by atoms with Gasteiger partial charge in [-0.25, -0.2) is 0 Å². The second kappa shape index (κ2) is 9.05. The number of unbranched alkanes of at least 4 members (excludes halogenated alkanes) is 5. The summed E-state index contributed by atoms with van der Waals surface area (Å²) in [5.74, 6) is 0.733. The monoisotopic (exact) mass is 171 g/mol. The number of hydrogen-bond donors (Lipinski definition) is 1. The predicted molar refractivity (Wildman–Crippen MR) is 56.2 cm³/mol. The van der Waals surface area contributed by atoms with Crippen molar-refractivity contribution in [1.82, 2.24) is 0 Å². The lowest BCUT2D eigenvalue weighted by Gasteiger charge is -2.06. The molecule has 1 heteroatoms. The Morgan fingerprint density at radius 3 is 2.17 bits per heavy atom. The number of rotatable bonds is 8. The molecule has 0 heterocycles. The van der Waals surface area contributed by atoms with Gasteiger partial charge in [0.2, 0.25) is 0 Å². The smallest absolute Gasteiger partial charge is 0.00515 e. The third-order valence-corrected chi connectivity index (χ3v) is 2.45. The first-order valence-corrected chi connectivity index (χ1v) is 5.51. The van der Waals surface area contributed by atoms with E-state index in [1.54, 1.807) is 0 Å². The minimum absolute atomic E-state index is 0.733. The summed E-state index contributed by atoms with van der Waals surface area (Å²) in [4.78, 5) is 0. The zero-order valence-electron chi connectivity index (χ0n) is 8.81. The molecule has 0 radical (unpaired) electrons. The molecule has 0 bridgehead atoms. The Morgan fingerprint density at radius 2 is 1.58 bits per heavy atom. The van der Waals surface area contributed by atoms with E-state index in [2.05, 4.69) is 13.8 Å². The second-order valence-electron chi connectivity index (χ2n) is 3.90. The van der Waals surface area contributed by atoms with Crippen LogP contribution in [-0.2, 0) is 0 Å². The van der Waals surface area contributed by atoms with Gasteiger partial charge in [0.05, 0.1) is 0 Å². The third-order valence-electron chi connectivity index (χ3n) is 2.45. The summed E-state index contributed by atoms with van der Waals surface area (Å²) in [6, 6.07) is 0. The Hall–Kier alpha value is -0.0400. The largest absolute Gasteiger partial charge is 0.330 e. The maximum Gasteiger partial charge on any atom is -0.00515 e. The van der Waals surface area contributed by atoms with E-state index < -0.39 is 0 Å². The molecule has 0 amide bonds. The van der Waals surface area contributed by atoms with Crippen molar-refractivity contribution in [2.45, 2.75) is 58.8 Å². The number of hydrogen-bond acceptors (Lipinski definition) is 1. The summed E-state index contributed by atoms with van der Waals surface area (Å²) in [7, 11) is 0. The summed E-state index contributed by atoms with van der Waals surface area (Å²) in [5, 5.41) is 0. The van der Waals surface area contributed by atoms with Crippen molar-refractivity contribution in [3.8, 4) is 0 Å². The Kier molecular flexibility index (Phi) is 9.02. The molecule has 1 atom stereocenters. The molecule has 1 nitrogen and oxygen atoms in total. The lowest BCUT2D eigenvalue weighted by molar-refractivity contribution is 0.491. The fourth-order valence-corrected chi connectivity index (χ4v) is 1.39. The highest BCUT2D eigenvalue weighted by molar-refractivity contribution is 4.53. The second-order valence-corrected chi connectivity index (χ2v) is 3.90. The van der Waals surface area contributed by atoms with Gasteiger partial charge < -0.3 is 5.73 Å². The molecule has 0 aliphatic heterocycles. The molecule has 0 saturated heterocycles. The van der Waals surface area contributed by atoms with Crippen molar-refractivity contribution in [3.63, 3.8) is 0 Å². The molecule has 2 N–H and O–H groups in total. The molecule has 74 valence electrons. The van der Waals surface area contributed by atoms with Crippen LogP contribution in [0.15, 0.2) is 0 Å². The lowest BCUT2D eigenvalue weighted by Crippen LogP contribution is -2.10. The molecule has 0 unspecified atom stereocenters. The van der Waals surface area contributed by atoms with Crippen LogP contribution in [0.4, 0.5) is 0 Å². The maximum absolute atomic E-state index is 5.53. The van der Waals surface area contributed by atoms with Crippen molar-refractivity contribution in [3.05, 3.63) is 0 Å². The van der Waals surface area contributed by atoms with Gasteiger partial charge in [-0.05, 0) is 18.9 Å². The fourth-order valence-electron chi connectivity index (χ4n) is 1.39. The van der Waals surface area contributed by atoms with Crippen LogP contribution in [0.25, 0.3) is 0 Å². The normalized spacial score (nSPS) is 13.2. The molecule has 0 aromatic rings. The van der Waals surface area contributed by atoms with Crippen molar-refractivity contribution in [2.75, 3.05) is 6.54 Å². The van der Waals surface area contributed by atoms with Crippen LogP contribution in [0, 0.1) is 5.92 Å². The Bertz CT molecular complexity index is 81.1. The van der Waals surface area contributed by atoms with Crippen LogP contribution in [-0.4, -0.2) is 6.54 Å². The first-order valence-electron chi connectivity index (χ1n) is 5.51. The molecule has 0 aliphatic carbocycles. The summed E-state index contributed by atoms with van der Waals surface area (Å²) in [6.07, 6.45) is 9.71. The predicted octanol–water partition coefficient (Wildman–Crippen LogP) is 3.33. The maximum atomic E-state index is 5.53. The summed E-state index contributed by atoms with van der Waals surface area (Å²) in [6.45, 7) is 5.36. The number of nitrogens with two attached hydrogens (primary N) is 1. The van der Waals surface area contributed by atoms with Crippen molar-refractivity contribution in [1.29, 1.82) is 0 Å². The van der Waals surface area contributed by atoms with Gasteiger partial charge in [0.15, 0.2) is 0 Å². The van der Waals surface area contributed by atoms with E-state index in [4.69, 9.17) is 5.73 Å². The summed E-state index contributed by atoms with van der Waals surface area (Å²) < 4.78 is 0. The Balaban J connectivity index is 2.90. The minimum atomic E-state index is 0.733. The SMILES string of the molecule is CCCCCCCC[C@@H](C)CN. The van der Waals surface area contributed by atoms with Crippen LogP contribution in [0.2, 0.25) is 0 Å². The van der Waals surface area contributed by atoms with E-state index in [-0.39, 0.29) is 0 Å². The van der Waals surface area contributed by atoms with E-state index in [1.165, 1.54) is 44.9 Å². The molecule has 0 fully saturated rings. The van der Waals surface area contributed by atoms with Gasteiger partial charge in [0.25, 0.3) is 0 Å². The van der Waals surface area contributed by atoms with E-state index in [9.17, 15) is 0 Å². The average Bonchev–Trinajstić information content (AvgIpc) is 2.10. The average molecular weight is 171 g/mol. The molecule has 0 saturated carbocycles. The van der Waals surface area contributed by atoms with Gasteiger partial charge in [0.1, 0.15) is 0 Å². The van der Waals surface area contributed by atoms with Gasteiger partial charge in [-0.3, -0.25) is 0 Å². The molecule has 0 aromatic carbocycles.